The van der Waals surface area contributed by atoms with Gasteiger partial charge < -0.3 is 9.84 Å². The summed E-state index contributed by atoms with van der Waals surface area (Å²) in [7, 11) is -4.05. The number of aliphatic hydroxyl groups is 1. The van der Waals surface area contributed by atoms with Crippen LogP contribution in [0.3, 0.4) is 0 Å². The highest BCUT2D eigenvalue weighted by Crippen LogP contribution is 2.36. The number of unbranched alkanes of at least 4 members (excludes halogenated alkanes) is 8. The molecule has 0 saturated carbocycles. The zero-order valence-electron chi connectivity index (χ0n) is 16.0. The average molecular weight is 381 g/mol. The molecule has 0 spiro atoms. The van der Waals surface area contributed by atoms with Gasteiger partial charge in [-0.05, 0) is 19.3 Å². The number of ether oxygens (including phenoxy) is 1. The third kappa shape index (κ3) is 8.82. The van der Waals surface area contributed by atoms with Crippen molar-refractivity contribution >= 4 is 10.4 Å². The predicted octanol–water partition coefficient (Wildman–Crippen LogP) is 4.28. The monoisotopic (exact) mass is 380 g/mol. The Morgan fingerprint density at radius 1 is 0.960 bits per heavy atom. The Hall–Kier alpha value is -0.210. The molecule has 0 aromatic heterocycles. The first-order valence-electron chi connectivity index (χ1n) is 9.83. The van der Waals surface area contributed by atoms with Gasteiger partial charge in [-0.15, -0.1) is 0 Å². The van der Waals surface area contributed by atoms with Gasteiger partial charge in [0.05, 0.1) is 0 Å². The zero-order valence-corrected chi connectivity index (χ0v) is 16.9. The maximum Gasteiger partial charge on any atom is 0.409 e. The minimum absolute atomic E-state index is 0.292. The third-order valence-electron chi connectivity index (χ3n) is 4.63. The van der Waals surface area contributed by atoms with Crippen LogP contribution in [0.1, 0.15) is 91.4 Å². The van der Waals surface area contributed by atoms with Gasteiger partial charge in [0.25, 0.3) is 0 Å². The summed E-state index contributed by atoms with van der Waals surface area (Å²) in [6.45, 7) is 6.45. The molecule has 150 valence electrons. The first-order chi connectivity index (χ1) is 11.8. The average Bonchev–Trinajstić information content (AvgIpc) is 2.51. The van der Waals surface area contributed by atoms with Gasteiger partial charge in [0.1, 0.15) is 6.10 Å². The summed E-state index contributed by atoms with van der Waals surface area (Å²) in [5.41, 5.74) is 0. The van der Waals surface area contributed by atoms with Gasteiger partial charge in [-0.3, -0.25) is 0 Å². The molecule has 1 N–H and O–H groups in total. The van der Waals surface area contributed by atoms with Crippen molar-refractivity contribution in [1.29, 1.82) is 0 Å². The summed E-state index contributed by atoms with van der Waals surface area (Å²) in [6, 6.07) is 0. The maximum atomic E-state index is 11.0. The lowest BCUT2D eigenvalue weighted by atomic mass is 9.95. The van der Waals surface area contributed by atoms with Crippen molar-refractivity contribution < 1.29 is 26.6 Å². The molecule has 25 heavy (non-hydrogen) atoms. The summed E-state index contributed by atoms with van der Waals surface area (Å²) >= 11 is 0. The molecule has 7 heteroatoms. The van der Waals surface area contributed by atoms with Crippen LogP contribution in [0, 0.1) is 5.92 Å². The van der Waals surface area contributed by atoms with Crippen LogP contribution in [-0.2, 0) is 23.5 Å². The first kappa shape index (κ1) is 22.8. The Bertz CT molecular complexity index is 438. The maximum absolute atomic E-state index is 11.0. The molecule has 2 atom stereocenters. The fraction of sp³-hybridized carbons (Fsp3) is 1.00. The van der Waals surface area contributed by atoms with E-state index in [9.17, 15) is 13.5 Å². The fourth-order valence-electron chi connectivity index (χ4n) is 3.22. The Morgan fingerprint density at radius 2 is 1.48 bits per heavy atom. The molecule has 0 radical (unpaired) electrons. The lowest BCUT2D eigenvalue weighted by Gasteiger charge is -2.39. The van der Waals surface area contributed by atoms with Crippen molar-refractivity contribution in [1.82, 2.24) is 0 Å². The highest BCUT2D eigenvalue weighted by Gasteiger charge is 2.57. The molecule has 0 aliphatic carbocycles. The lowest BCUT2D eigenvalue weighted by molar-refractivity contribution is -0.374. The second-order valence-electron chi connectivity index (χ2n) is 7.11. The molecule has 0 aromatic rings. The van der Waals surface area contributed by atoms with Crippen molar-refractivity contribution in [3.63, 3.8) is 0 Å². The van der Waals surface area contributed by atoms with E-state index in [1.54, 1.807) is 6.92 Å². The van der Waals surface area contributed by atoms with Crippen LogP contribution >= 0.6 is 0 Å². The van der Waals surface area contributed by atoms with E-state index in [0.29, 0.717) is 18.9 Å². The molecule has 1 rings (SSSR count). The van der Waals surface area contributed by atoms with E-state index in [-0.39, 0.29) is 0 Å². The molecule has 0 bridgehead atoms. The van der Waals surface area contributed by atoms with Crippen LogP contribution in [0.25, 0.3) is 0 Å². The summed E-state index contributed by atoms with van der Waals surface area (Å²) < 4.78 is 36.4. The molecule has 1 fully saturated rings. The van der Waals surface area contributed by atoms with Gasteiger partial charge >= 0.3 is 16.4 Å². The molecule has 2 unspecified atom stereocenters. The SMILES string of the molecule is CCCCCCCCCCCC(C)CC(OCC)C1(O)OS(=O)(=O)O1. The minimum Gasteiger partial charge on any atom is -0.370 e. The highest BCUT2D eigenvalue weighted by molar-refractivity contribution is 7.82. The van der Waals surface area contributed by atoms with Gasteiger partial charge in [0.15, 0.2) is 0 Å². The van der Waals surface area contributed by atoms with E-state index >= 15 is 0 Å². The Balaban J connectivity index is 2.16. The second kappa shape index (κ2) is 11.5. The van der Waals surface area contributed by atoms with Crippen molar-refractivity contribution in [2.75, 3.05) is 6.61 Å². The van der Waals surface area contributed by atoms with E-state index in [4.69, 9.17) is 4.74 Å². The van der Waals surface area contributed by atoms with Crippen LogP contribution < -0.4 is 0 Å². The largest absolute Gasteiger partial charge is 0.409 e. The lowest BCUT2D eigenvalue weighted by Crippen LogP contribution is -2.59. The number of hydrogen-bond acceptors (Lipinski definition) is 6. The normalized spacial score (nSPS) is 20.8. The van der Waals surface area contributed by atoms with E-state index in [1.165, 1.54) is 51.4 Å². The van der Waals surface area contributed by atoms with Gasteiger partial charge in [-0.25, -0.2) is 0 Å². The van der Waals surface area contributed by atoms with E-state index < -0.39 is 22.5 Å². The standard InChI is InChI=1S/C18H36O6S/c1-4-6-7-8-9-10-11-12-13-14-16(3)15-17(22-5-2)18(19)23-25(20,21)24-18/h16-17,19H,4-15H2,1-3H3. The van der Waals surface area contributed by atoms with Gasteiger partial charge in [0.2, 0.25) is 0 Å². The van der Waals surface area contributed by atoms with Gasteiger partial charge in [-0.2, -0.15) is 16.8 Å². The van der Waals surface area contributed by atoms with Crippen molar-refractivity contribution in [2.24, 2.45) is 5.92 Å². The Kier molecular flexibility index (Phi) is 10.5. The molecule has 0 amide bonds. The molecule has 1 saturated heterocycles. The fourth-order valence-corrected chi connectivity index (χ4v) is 4.03. The third-order valence-corrected chi connectivity index (χ3v) is 5.52. The summed E-state index contributed by atoms with van der Waals surface area (Å²) in [4.78, 5) is 0. The summed E-state index contributed by atoms with van der Waals surface area (Å²) in [5, 5.41) is 10.1. The van der Waals surface area contributed by atoms with Gasteiger partial charge in [-0.1, -0.05) is 78.1 Å². The molecule has 1 heterocycles. The number of rotatable bonds is 15. The molecular formula is C18H36O6S. The van der Waals surface area contributed by atoms with Crippen LogP contribution in [0.2, 0.25) is 0 Å². The van der Waals surface area contributed by atoms with E-state index in [1.807, 2.05) is 0 Å². The van der Waals surface area contributed by atoms with Crippen molar-refractivity contribution in [2.45, 2.75) is 103 Å². The van der Waals surface area contributed by atoms with Crippen molar-refractivity contribution in [3.8, 4) is 0 Å². The van der Waals surface area contributed by atoms with Crippen LogP contribution in [0.4, 0.5) is 0 Å². The molecule has 1 aliphatic rings. The van der Waals surface area contributed by atoms with Crippen LogP contribution in [0.15, 0.2) is 0 Å². The molecule has 6 nitrogen and oxygen atoms in total. The topological polar surface area (TPSA) is 82.1 Å². The van der Waals surface area contributed by atoms with Gasteiger partial charge in [0, 0.05) is 6.61 Å². The summed E-state index contributed by atoms with van der Waals surface area (Å²) in [6.07, 6.45) is 12.3. The smallest absolute Gasteiger partial charge is 0.370 e. The molecular weight excluding hydrogens is 344 g/mol. The zero-order chi connectivity index (χ0) is 18.8. The highest BCUT2D eigenvalue weighted by atomic mass is 32.3. The van der Waals surface area contributed by atoms with Crippen molar-refractivity contribution in [3.05, 3.63) is 0 Å². The Labute approximate surface area is 153 Å². The Morgan fingerprint density at radius 3 is 1.96 bits per heavy atom. The molecule has 0 aromatic carbocycles. The minimum atomic E-state index is -4.05. The van der Waals surface area contributed by atoms with E-state index in [2.05, 4.69) is 22.2 Å². The van der Waals surface area contributed by atoms with Crippen LogP contribution in [-0.4, -0.2) is 32.2 Å². The molecule has 1 aliphatic heterocycles. The summed E-state index contributed by atoms with van der Waals surface area (Å²) in [5.74, 6) is -1.87. The quantitative estimate of drug-likeness (QED) is 0.427. The van der Waals surface area contributed by atoms with Crippen LogP contribution in [0.5, 0.6) is 0 Å². The first-order valence-corrected chi connectivity index (χ1v) is 11.2. The second-order valence-corrected chi connectivity index (χ2v) is 8.26. The van der Waals surface area contributed by atoms with E-state index in [0.717, 1.165) is 12.8 Å². The predicted molar refractivity (Wildman–Crippen MR) is 97.1 cm³/mol. The number of hydrogen-bond donors (Lipinski definition) is 1.